The number of rotatable bonds is 1. The second-order valence-electron chi connectivity index (χ2n) is 4.19. The Morgan fingerprint density at radius 3 is 2.59 bits per heavy atom. The van der Waals surface area contributed by atoms with Gasteiger partial charge in [-0.25, -0.2) is 9.18 Å². The van der Waals surface area contributed by atoms with Crippen LogP contribution in [0.4, 0.5) is 9.18 Å². The van der Waals surface area contributed by atoms with Crippen molar-refractivity contribution < 1.29 is 14.3 Å². The van der Waals surface area contributed by atoms with E-state index in [4.69, 9.17) is 5.11 Å². The minimum absolute atomic E-state index is 0.0317. The van der Waals surface area contributed by atoms with Crippen molar-refractivity contribution in [1.29, 1.82) is 0 Å². The number of carbonyl (C=O) groups is 1. The van der Waals surface area contributed by atoms with Crippen LogP contribution in [0.15, 0.2) is 28.7 Å². The van der Waals surface area contributed by atoms with E-state index >= 15 is 0 Å². The minimum atomic E-state index is -1.12. The van der Waals surface area contributed by atoms with Crippen molar-refractivity contribution in [2.75, 3.05) is 13.1 Å². The second-order valence-corrected chi connectivity index (χ2v) is 5.11. The normalized spacial score (nSPS) is 24.7. The molecule has 3 nitrogen and oxygen atoms in total. The number of hydrogen-bond acceptors (Lipinski definition) is 1. The van der Waals surface area contributed by atoms with Crippen LogP contribution < -0.4 is 0 Å². The lowest BCUT2D eigenvalue weighted by atomic mass is 9.88. The molecule has 1 N–H and O–H groups in total. The van der Waals surface area contributed by atoms with Gasteiger partial charge in [-0.1, -0.05) is 28.1 Å². The van der Waals surface area contributed by atoms with E-state index in [9.17, 15) is 9.18 Å². The van der Waals surface area contributed by atoms with E-state index in [0.717, 1.165) is 14.9 Å². The maximum atomic E-state index is 13.9. The summed E-state index contributed by atoms with van der Waals surface area (Å²) in [7, 11) is 0. The molecular formula is C12H13BrFNO2. The van der Waals surface area contributed by atoms with Crippen LogP contribution in [-0.4, -0.2) is 35.4 Å². The van der Waals surface area contributed by atoms with Gasteiger partial charge in [0.1, 0.15) is 6.17 Å². The molecule has 1 fully saturated rings. The average molecular weight is 302 g/mol. The lowest BCUT2D eigenvalue weighted by Crippen LogP contribution is -2.43. The van der Waals surface area contributed by atoms with Gasteiger partial charge < -0.3 is 10.0 Å². The van der Waals surface area contributed by atoms with Gasteiger partial charge in [-0.3, -0.25) is 0 Å². The van der Waals surface area contributed by atoms with Crippen molar-refractivity contribution >= 4 is 22.0 Å². The number of benzene rings is 1. The molecule has 0 bridgehead atoms. The fourth-order valence-corrected chi connectivity index (χ4v) is 2.43. The highest BCUT2D eigenvalue weighted by atomic mass is 79.9. The van der Waals surface area contributed by atoms with Gasteiger partial charge in [-0.15, -0.1) is 0 Å². The predicted molar refractivity (Wildman–Crippen MR) is 66.0 cm³/mol. The van der Waals surface area contributed by atoms with Crippen LogP contribution in [0, 0.1) is 0 Å². The van der Waals surface area contributed by atoms with Gasteiger partial charge >= 0.3 is 6.09 Å². The maximum absolute atomic E-state index is 13.9. The SMILES string of the molecule is O=C(O)N1CCC(c2ccc(Br)cc2)[C@H](F)C1. The molecule has 2 rings (SSSR count). The Balaban J connectivity index is 2.09. The van der Waals surface area contributed by atoms with Crippen molar-refractivity contribution in [2.45, 2.75) is 18.5 Å². The number of piperidine rings is 1. The Bertz CT molecular complexity index is 409. The van der Waals surface area contributed by atoms with Gasteiger partial charge in [0, 0.05) is 16.9 Å². The molecule has 17 heavy (non-hydrogen) atoms. The number of amides is 1. The Morgan fingerprint density at radius 2 is 2.06 bits per heavy atom. The summed E-state index contributed by atoms with van der Waals surface area (Å²) in [6.45, 7) is 0.368. The Morgan fingerprint density at radius 1 is 1.41 bits per heavy atom. The lowest BCUT2D eigenvalue weighted by Gasteiger charge is -2.33. The van der Waals surface area contributed by atoms with Crippen LogP contribution in [0.2, 0.25) is 0 Å². The number of halogens is 2. The molecule has 0 aromatic heterocycles. The molecule has 1 saturated heterocycles. The Labute approximate surface area is 107 Å². The van der Waals surface area contributed by atoms with Crippen LogP contribution in [0.25, 0.3) is 0 Å². The molecule has 1 aliphatic rings. The summed E-state index contributed by atoms with van der Waals surface area (Å²) in [6, 6.07) is 7.53. The molecule has 2 atom stereocenters. The summed E-state index contributed by atoms with van der Waals surface area (Å²) in [5, 5.41) is 8.80. The van der Waals surface area contributed by atoms with Crippen molar-refractivity contribution in [3.05, 3.63) is 34.3 Å². The molecule has 1 aromatic rings. The van der Waals surface area contributed by atoms with Crippen molar-refractivity contribution in [1.82, 2.24) is 4.90 Å². The molecule has 1 heterocycles. The number of alkyl halides is 1. The number of carboxylic acid groups (broad SMARTS) is 1. The molecule has 1 unspecified atom stereocenters. The van der Waals surface area contributed by atoms with Gasteiger partial charge in [-0.05, 0) is 24.1 Å². The highest BCUT2D eigenvalue weighted by Crippen LogP contribution is 2.31. The fraction of sp³-hybridized carbons (Fsp3) is 0.417. The van der Waals surface area contributed by atoms with Crippen LogP contribution in [0.5, 0.6) is 0 Å². The molecule has 1 amide bonds. The predicted octanol–water partition coefficient (Wildman–Crippen LogP) is 3.25. The summed E-state index contributed by atoms with van der Waals surface area (Å²) in [4.78, 5) is 11.9. The van der Waals surface area contributed by atoms with Crippen LogP contribution >= 0.6 is 15.9 Å². The molecule has 0 radical (unpaired) electrons. The first-order valence-corrected chi connectivity index (χ1v) is 6.24. The number of nitrogens with zero attached hydrogens (tertiary/aromatic N) is 1. The quantitative estimate of drug-likeness (QED) is 0.865. The van der Waals surface area contributed by atoms with Gasteiger partial charge in [0.05, 0.1) is 6.54 Å². The molecule has 0 aliphatic carbocycles. The summed E-state index contributed by atoms with van der Waals surface area (Å²) < 4.78 is 14.9. The Hall–Kier alpha value is -1.10. The van der Waals surface area contributed by atoms with Crippen LogP contribution in [0.1, 0.15) is 17.9 Å². The molecule has 1 aromatic carbocycles. The van der Waals surface area contributed by atoms with Gasteiger partial charge in [-0.2, -0.15) is 0 Å². The summed E-state index contributed by atoms with van der Waals surface area (Å²) in [6.07, 6.45) is -1.63. The highest BCUT2D eigenvalue weighted by Gasteiger charge is 2.32. The standard InChI is InChI=1S/C12H13BrFNO2/c13-9-3-1-8(2-4-9)10-5-6-15(12(16)17)7-11(10)14/h1-4,10-11H,5-7H2,(H,16,17)/t10?,11-/m1/s1. The third-order valence-corrected chi connectivity index (χ3v) is 3.64. The van der Waals surface area contributed by atoms with Gasteiger partial charge in [0.2, 0.25) is 0 Å². The van der Waals surface area contributed by atoms with Crippen molar-refractivity contribution in [3.63, 3.8) is 0 Å². The second kappa shape index (κ2) is 5.04. The van der Waals surface area contributed by atoms with Crippen LogP contribution in [0.3, 0.4) is 0 Å². The average Bonchev–Trinajstić information content (AvgIpc) is 2.30. The van der Waals surface area contributed by atoms with E-state index in [1.165, 1.54) is 0 Å². The topological polar surface area (TPSA) is 40.5 Å². The summed E-state index contributed by atoms with van der Waals surface area (Å²) in [5.41, 5.74) is 0.936. The number of likely N-dealkylation sites (tertiary alicyclic amines) is 1. The fourth-order valence-electron chi connectivity index (χ4n) is 2.16. The third kappa shape index (κ3) is 2.77. The zero-order valence-electron chi connectivity index (χ0n) is 9.14. The first kappa shape index (κ1) is 12.4. The summed E-state index contributed by atoms with van der Waals surface area (Å²) >= 11 is 3.33. The molecule has 5 heteroatoms. The summed E-state index contributed by atoms with van der Waals surface area (Å²) in [5.74, 6) is -0.196. The molecular weight excluding hydrogens is 289 g/mol. The van der Waals surface area contributed by atoms with E-state index in [0.29, 0.717) is 13.0 Å². The van der Waals surface area contributed by atoms with Crippen LogP contribution in [-0.2, 0) is 0 Å². The maximum Gasteiger partial charge on any atom is 0.407 e. The van der Waals surface area contributed by atoms with Gasteiger partial charge in [0.25, 0.3) is 0 Å². The zero-order valence-corrected chi connectivity index (χ0v) is 10.7. The molecule has 92 valence electrons. The first-order chi connectivity index (χ1) is 8.08. The van der Waals surface area contributed by atoms with Gasteiger partial charge in [0.15, 0.2) is 0 Å². The smallest absolute Gasteiger partial charge is 0.407 e. The van der Waals surface area contributed by atoms with E-state index in [1.54, 1.807) is 0 Å². The Kier molecular flexibility index (Phi) is 3.66. The third-order valence-electron chi connectivity index (χ3n) is 3.11. The van der Waals surface area contributed by atoms with E-state index in [2.05, 4.69) is 15.9 Å². The molecule has 1 aliphatic heterocycles. The molecule has 0 saturated carbocycles. The highest BCUT2D eigenvalue weighted by molar-refractivity contribution is 9.10. The van der Waals surface area contributed by atoms with Crippen molar-refractivity contribution in [3.8, 4) is 0 Å². The lowest BCUT2D eigenvalue weighted by molar-refractivity contribution is 0.0963. The monoisotopic (exact) mass is 301 g/mol. The number of hydrogen-bond donors (Lipinski definition) is 1. The minimum Gasteiger partial charge on any atom is -0.465 e. The largest absolute Gasteiger partial charge is 0.465 e. The zero-order chi connectivity index (χ0) is 12.4. The first-order valence-electron chi connectivity index (χ1n) is 5.45. The molecule has 0 spiro atoms. The van der Waals surface area contributed by atoms with Crippen molar-refractivity contribution in [2.24, 2.45) is 0 Å². The van der Waals surface area contributed by atoms with E-state index in [-0.39, 0.29) is 12.5 Å². The van der Waals surface area contributed by atoms with E-state index < -0.39 is 12.3 Å². The van der Waals surface area contributed by atoms with E-state index in [1.807, 2.05) is 24.3 Å².